The quantitative estimate of drug-likeness (QED) is 0.202. The number of aromatic nitrogens is 3. The second-order valence-electron chi connectivity index (χ2n) is 10.4. The van der Waals surface area contributed by atoms with Crippen LogP contribution in [-0.4, -0.2) is 37.7 Å². The van der Waals surface area contributed by atoms with Crippen LogP contribution in [0, 0.1) is 5.82 Å². The normalized spacial score (nSPS) is 12.0. The Morgan fingerprint density at radius 3 is 2.64 bits per heavy atom. The third kappa shape index (κ3) is 4.49. The van der Waals surface area contributed by atoms with E-state index in [-0.39, 0.29) is 5.82 Å². The lowest BCUT2D eigenvalue weighted by molar-refractivity contribution is 0.0749. The van der Waals surface area contributed by atoms with Gasteiger partial charge in [0.1, 0.15) is 11.6 Å². The molecule has 0 aliphatic rings. The number of nitrogens with zero attached hydrogens (tertiary/aromatic N) is 2. The lowest BCUT2D eigenvalue weighted by Crippen LogP contribution is -2.23. The van der Waals surface area contributed by atoms with Gasteiger partial charge in [-0.3, -0.25) is 4.79 Å². The van der Waals surface area contributed by atoms with Gasteiger partial charge in [0.05, 0.1) is 33.2 Å². The van der Waals surface area contributed by atoms with Crippen molar-refractivity contribution in [3.8, 4) is 17.1 Å². The topological polar surface area (TPSA) is 109 Å². The highest BCUT2D eigenvalue weighted by atomic mass is 19.1. The zero-order valence-electron chi connectivity index (χ0n) is 21.6. The monoisotopic (exact) mass is 521 g/mol. The average molecular weight is 522 g/mol. The number of anilines is 1. The number of carbonyl (C=O) groups is 1. The molecular weight excluding hydrogens is 493 g/mol. The van der Waals surface area contributed by atoms with E-state index >= 15 is 0 Å². The van der Waals surface area contributed by atoms with Gasteiger partial charge in [-0.1, -0.05) is 30.3 Å². The molecule has 6 rings (SSSR count). The van der Waals surface area contributed by atoms with E-state index in [2.05, 4.69) is 27.0 Å². The molecule has 0 fully saturated rings. The van der Waals surface area contributed by atoms with Crippen LogP contribution in [0.2, 0.25) is 0 Å². The Kier molecular flexibility index (Phi) is 5.84. The fourth-order valence-electron chi connectivity index (χ4n) is 5.14. The summed E-state index contributed by atoms with van der Waals surface area (Å²) in [6.45, 7) is 3.96. The number of halogens is 1. The smallest absolute Gasteiger partial charge is 0.250 e. The largest absolute Gasteiger partial charge is 0.390 e. The van der Waals surface area contributed by atoms with Gasteiger partial charge in [-0.2, -0.15) is 0 Å². The summed E-state index contributed by atoms with van der Waals surface area (Å²) >= 11 is 0. The number of nitrogens with one attached hydrogen (secondary N) is 2. The number of nitrogens with two attached hydrogens (primary N) is 1. The first kappa shape index (κ1) is 24.6. The van der Waals surface area contributed by atoms with Crippen LogP contribution in [-0.2, 0) is 0 Å². The van der Waals surface area contributed by atoms with Crippen LogP contribution in [0.1, 0.15) is 30.6 Å². The van der Waals surface area contributed by atoms with E-state index in [0.717, 1.165) is 33.1 Å². The molecule has 39 heavy (non-hydrogen) atoms. The Morgan fingerprint density at radius 2 is 1.85 bits per heavy atom. The van der Waals surface area contributed by atoms with Gasteiger partial charge >= 0.3 is 0 Å². The molecular formula is C31H28FN5O2. The molecule has 0 aliphatic carbocycles. The molecule has 5 N–H and O–H groups in total. The van der Waals surface area contributed by atoms with E-state index in [1.54, 1.807) is 26.0 Å². The number of fused-ring (bicyclic) bond motifs is 4. The predicted molar refractivity (Wildman–Crippen MR) is 154 cm³/mol. The zero-order valence-corrected chi connectivity index (χ0v) is 21.6. The molecule has 8 heteroatoms. The van der Waals surface area contributed by atoms with E-state index in [1.807, 2.05) is 42.5 Å². The van der Waals surface area contributed by atoms with Crippen molar-refractivity contribution < 1.29 is 14.3 Å². The Balaban J connectivity index is 1.55. The molecule has 196 valence electrons. The van der Waals surface area contributed by atoms with E-state index in [9.17, 15) is 14.3 Å². The summed E-state index contributed by atoms with van der Waals surface area (Å²) in [6.07, 6.45) is 0.496. The number of H-pyrrole nitrogens is 1. The van der Waals surface area contributed by atoms with Crippen LogP contribution in [0.3, 0.4) is 0 Å². The molecule has 2 heterocycles. The number of rotatable bonds is 7. The number of carbonyl (C=O) groups excluding carboxylic acids is 1. The minimum absolute atomic E-state index is 0.320. The summed E-state index contributed by atoms with van der Waals surface area (Å²) in [4.78, 5) is 20.2. The van der Waals surface area contributed by atoms with Gasteiger partial charge in [-0.05, 0) is 68.8 Å². The third-order valence-electron chi connectivity index (χ3n) is 6.98. The van der Waals surface area contributed by atoms with Gasteiger partial charge in [0.15, 0.2) is 0 Å². The Bertz CT molecular complexity index is 1880. The molecule has 0 spiro atoms. The minimum Gasteiger partial charge on any atom is -0.390 e. The maximum atomic E-state index is 13.8. The summed E-state index contributed by atoms with van der Waals surface area (Å²) in [5.74, 6) is -0.195. The minimum atomic E-state index is -0.844. The van der Waals surface area contributed by atoms with E-state index < -0.39 is 11.5 Å². The molecule has 0 aliphatic heterocycles. The van der Waals surface area contributed by atoms with E-state index in [0.29, 0.717) is 41.1 Å². The second kappa shape index (κ2) is 9.25. The van der Waals surface area contributed by atoms with Crippen molar-refractivity contribution in [2.45, 2.75) is 25.9 Å². The Morgan fingerprint density at radius 1 is 1.05 bits per heavy atom. The number of aromatic amines is 1. The SMILES string of the molecule is CC(C)(O)CCNc1cc(-n2c3ccccc3c3c(-c4nc5ccc(F)cc5[nH]4)cccc32)ccc1C(N)=O. The summed E-state index contributed by atoms with van der Waals surface area (Å²) in [6, 6.07) is 24.2. The molecule has 4 aromatic carbocycles. The second-order valence-corrected chi connectivity index (χ2v) is 10.4. The molecule has 0 unspecified atom stereocenters. The van der Waals surface area contributed by atoms with E-state index in [4.69, 9.17) is 10.7 Å². The number of hydrogen-bond acceptors (Lipinski definition) is 4. The third-order valence-corrected chi connectivity index (χ3v) is 6.98. The molecule has 0 saturated heterocycles. The van der Waals surface area contributed by atoms with Gasteiger partial charge < -0.3 is 25.7 Å². The van der Waals surface area contributed by atoms with E-state index in [1.165, 1.54) is 12.1 Å². The summed E-state index contributed by atoms with van der Waals surface area (Å²) in [5.41, 5.74) is 10.8. The molecule has 0 bridgehead atoms. The number of aliphatic hydroxyl groups is 1. The van der Waals surface area contributed by atoms with Crippen molar-refractivity contribution in [3.63, 3.8) is 0 Å². The fraction of sp³-hybridized carbons (Fsp3) is 0.161. The first-order valence-corrected chi connectivity index (χ1v) is 12.8. The maximum Gasteiger partial charge on any atom is 0.250 e. The van der Waals surface area contributed by atoms with Gasteiger partial charge in [-0.15, -0.1) is 0 Å². The molecule has 2 aromatic heterocycles. The van der Waals surface area contributed by atoms with Gasteiger partial charge in [-0.25, -0.2) is 9.37 Å². The number of hydrogen-bond donors (Lipinski definition) is 4. The number of para-hydroxylation sites is 1. The highest BCUT2D eigenvalue weighted by molar-refractivity contribution is 6.15. The summed E-state index contributed by atoms with van der Waals surface area (Å²) in [7, 11) is 0. The van der Waals surface area contributed by atoms with Crippen molar-refractivity contribution in [3.05, 3.63) is 90.2 Å². The number of benzene rings is 4. The first-order chi connectivity index (χ1) is 18.7. The molecule has 6 aromatic rings. The lowest BCUT2D eigenvalue weighted by atomic mass is 10.1. The van der Waals surface area contributed by atoms with Crippen molar-refractivity contribution >= 4 is 44.4 Å². The highest BCUT2D eigenvalue weighted by Gasteiger charge is 2.19. The molecule has 0 radical (unpaired) electrons. The van der Waals surface area contributed by atoms with Crippen LogP contribution in [0.15, 0.2) is 78.9 Å². The molecule has 7 nitrogen and oxygen atoms in total. The van der Waals surface area contributed by atoms with Crippen molar-refractivity contribution in [2.24, 2.45) is 5.73 Å². The van der Waals surface area contributed by atoms with Crippen molar-refractivity contribution in [1.29, 1.82) is 0 Å². The van der Waals surface area contributed by atoms with Crippen LogP contribution in [0.25, 0.3) is 49.9 Å². The Labute approximate surface area is 224 Å². The number of amides is 1. The van der Waals surface area contributed by atoms with Crippen molar-refractivity contribution in [1.82, 2.24) is 14.5 Å². The first-order valence-electron chi connectivity index (χ1n) is 12.8. The number of imidazole rings is 1. The van der Waals surface area contributed by atoms with Crippen LogP contribution >= 0.6 is 0 Å². The molecule has 0 saturated carbocycles. The molecule has 0 atom stereocenters. The summed E-state index contributed by atoms with van der Waals surface area (Å²) < 4.78 is 16.0. The van der Waals surface area contributed by atoms with Gasteiger partial charge in [0.2, 0.25) is 0 Å². The van der Waals surface area contributed by atoms with Gasteiger partial charge in [0, 0.05) is 34.3 Å². The fourth-order valence-corrected chi connectivity index (χ4v) is 5.14. The predicted octanol–water partition coefficient (Wildman–Crippen LogP) is 6.14. The zero-order chi connectivity index (χ0) is 27.3. The Hall–Kier alpha value is -4.69. The standard InChI is InChI=1S/C31H28FN5O2/c1-31(2,39)14-15-34-24-17-19(11-12-20(24)29(33)38)37-26-8-4-3-6-21(26)28-22(7-5-9-27(28)37)30-35-23-13-10-18(32)16-25(23)36-30/h3-13,16-17,34,39H,14-15H2,1-2H3,(H2,33,38)(H,35,36). The van der Waals surface area contributed by atoms with Crippen LogP contribution in [0.5, 0.6) is 0 Å². The average Bonchev–Trinajstić information content (AvgIpc) is 3.46. The van der Waals surface area contributed by atoms with Crippen LogP contribution < -0.4 is 11.1 Å². The summed E-state index contributed by atoms with van der Waals surface area (Å²) in [5, 5.41) is 15.5. The van der Waals surface area contributed by atoms with Gasteiger partial charge in [0.25, 0.3) is 5.91 Å². The highest BCUT2D eigenvalue weighted by Crippen LogP contribution is 2.38. The van der Waals surface area contributed by atoms with Crippen LogP contribution in [0.4, 0.5) is 10.1 Å². The number of primary amides is 1. The lowest BCUT2D eigenvalue weighted by Gasteiger charge is -2.19. The van der Waals surface area contributed by atoms with Crippen molar-refractivity contribution in [2.75, 3.05) is 11.9 Å². The maximum absolute atomic E-state index is 13.8. The molecule has 1 amide bonds.